The molecule has 0 saturated heterocycles. The Hall–Kier alpha value is -2.37. The van der Waals surface area contributed by atoms with Crippen molar-refractivity contribution in [1.29, 1.82) is 0 Å². The van der Waals surface area contributed by atoms with Crippen LogP contribution in [0.3, 0.4) is 0 Å². The first-order chi connectivity index (χ1) is 12.8. The summed E-state index contributed by atoms with van der Waals surface area (Å²) in [6, 6.07) is 6.03. The van der Waals surface area contributed by atoms with Crippen LogP contribution in [-0.4, -0.2) is 17.2 Å². The third-order valence-electron chi connectivity index (χ3n) is 4.56. The molecule has 0 amide bonds. The lowest BCUT2D eigenvalue weighted by atomic mass is 9.81. The number of hydrogen-bond acceptors (Lipinski definition) is 1. The monoisotopic (exact) mass is 382 g/mol. The van der Waals surface area contributed by atoms with Gasteiger partial charge < -0.3 is 5.11 Å². The molecule has 2 nitrogen and oxygen atoms in total. The number of carboxylic acid groups (broad SMARTS) is 1. The SMILES string of the molecule is CCCCC(CC(C)F)c1c(C(=O)O)cccc1-c1cc(F)c(F)c(F)c1. The van der Waals surface area contributed by atoms with Gasteiger partial charge in [-0.05, 0) is 60.6 Å². The average molecular weight is 382 g/mol. The molecule has 2 rings (SSSR count). The minimum absolute atomic E-state index is 0.0255. The maximum Gasteiger partial charge on any atom is 0.335 e. The third-order valence-corrected chi connectivity index (χ3v) is 4.56. The molecule has 0 bridgehead atoms. The number of carbonyl (C=O) groups is 1. The highest BCUT2D eigenvalue weighted by Crippen LogP contribution is 2.38. The van der Waals surface area contributed by atoms with Crippen LogP contribution in [0.4, 0.5) is 17.6 Å². The molecule has 0 fully saturated rings. The molecule has 2 aromatic rings. The normalized spacial score (nSPS) is 13.4. The Kier molecular flexibility index (Phi) is 6.99. The summed E-state index contributed by atoms with van der Waals surface area (Å²) in [5.74, 6) is -5.96. The predicted octanol–water partition coefficient (Wildman–Crippen LogP) is 6.49. The fourth-order valence-corrected chi connectivity index (χ4v) is 3.38. The zero-order valence-corrected chi connectivity index (χ0v) is 15.2. The summed E-state index contributed by atoms with van der Waals surface area (Å²) >= 11 is 0. The van der Waals surface area contributed by atoms with Gasteiger partial charge in [0.2, 0.25) is 0 Å². The van der Waals surface area contributed by atoms with Crippen LogP contribution in [0, 0.1) is 17.5 Å². The van der Waals surface area contributed by atoms with Crippen molar-refractivity contribution in [3.63, 3.8) is 0 Å². The van der Waals surface area contributed by atoms with Crippen LogP contribution in [0.1, 0.15) is 61.4 Å². The van der Waals surface area contributed by atoms with Gasteiger partial charge >= 0.3 is 5.97 Å². The molecule has 2 aromatic carbocycles. The second-order valence-corrected chi connectivity index (χ2v) is 6.68. The van der Waals surface area contributed by atoms with Crippen LogP contribution in [0.15, 0.2) is 30.3 Å². The van der Waals surface area contributed by atoms with Crippen LogP contribution in [-0.2, 0) is 0 Å². The van der Waals surface area contributed by atoms with E-state index in [9.17, 15) is 27.5 Å². The number of rotatable bonds is 8. The summed E-state index contributed by atoms with van der Waals surface area (Å²) in [6.45, 7) is 3.35. The zero-order chi connectivity index (χ0) is 20.1. The quantitative estimate of drug-likeness (QED) is 0.418. The summed E-state index contributed by atoms with van der Waals surface area (Å²) < 4.78 is 54.6. The largest absolute Gasteiger partial charge is 0.478 e. The first-order valence-electron chi connectivity index (χ1n) is 8.91. The van der Waals surface area contributed by atoms with E-state index >= 15 is 0 Å². The Labute approximate surface area is 155 Å². The van der Waals surface area contributed by atoms with Gasteiger partial charge in [0, 0.05) is 0 Å². The standard InChI is InChI=1S/C21H22F4O2/c1-3-4-6-13(9-12(2)22)19-15(7-5-8-16(19)21(26)27)14-10-17(23)20(25)18(24)11-14/h5,7-8,10-13H,3-4,6,9H2,1-2H3,(H,26,27). The van der Waals surface area contributed by atoms with E-state index in [1.54, 1.807) is 0 Å². The highest BCUT2D eigenvalue weighted by Gasteiger charge is 2.25. The molecule has 0 heterocycles. The molecule has 6 heteroatoms. The second kappa shape index (κ2) is 9.02. The number of carboxylic acids is 1. The number of hydrogen-bond donors (Lipinski definition) is 1. The van der Waals surface area contributed by atoms with E-state index in [1.165, 1.54) is 25.1 Å². The van der Waals surface area contributed by atoms with Crippen molar-refractivity contribution in [2.75, 3.05) is 0 Å². The zero-order valence-electron chi connectivity index (χ0n) is 15.2. The lowest BCUT2D eigenvalue weighted by Gasteiger charge is -2.23. The van der Waals surface area contributed by atoms with Crippen LogP contribution < -0.4 is 0 Å². The molecule has 0 aliphatic heterocycles. The molecule has 0 aromatic heterocycles. The van der Waals surface area contributed by atoms with Crippen LogP contribution in [0.5, 0.6) is 0 Å². The molecular weight excluding hydrogens is 360 g/mol. The summed E-state index contributed by atoms with van der Waals surface area (Å²) in [4.78, 5) is 11.8. The smallest absolute Gasteiger partial charge is 0.335 e. The molecule has 27 heavy (non-hydrogen) atoms. The van der Waals surface area contributed by atoms with Crippen LogP contribution >= 0.6 is 0 Å². The number of unbranched alkanes of at least 4 members (excludes halogenated alkanes) is 1. The first kappa shape index (κ1) is 20.9. The Morgan fingerprint density at radius 2 is 1.78 bits per heavy atom. The maximum absolute atomic E-state index is 13.8. The third kappa shape index (κ3) is 4.87. The van der Waals surface area contributed by atoms with Gasteiger partial charge in [-0.3, -0.25) is 0 Å². The highest BCUT2D eigenvalue weighted by molar-refractivity contribution is 5.92. The molecule has 2 atom stereocenters. The van der Waals surface area contributed by atoms with E-state index in [0.717, 1.165) is 25.0 Å². The van der Waals surface area contributed by atoms with Crippen LogP contribution in [0.25, 0.3) is 11.1 Å². The van der Waals surface area contributed by atoms with Crippen molar-refractivity contribution in [2.24, 2.45) is 0 Å². The summed E-state index contributed by atoms with van der Waals surface area (Å²) in [5.41, 5.74) is 0.583. The Morgan fingerprint density at radius 1 is 1.15 bits per heavy atom. The Morgan fingerprint density at radius 3 is 2.30 bits per heavy atom. The number of aromatic carboxylic acids is 1. The van der Waals surface area contributed by atoms with E-state index in [-0.39, 0.29) is 23.1 Å². The molecule has 0 aliphatic rings. The van der Waals surface area contributed by atoms with Crippen molar-refractivity contribution < 1.29 is 27.5 Å². The molecular formula is C21H22F4O2. The summed E-state index contributed by atoms with van der Waals surface area (Å²) in [5, 5.41) is 9.60. The summed E-state index contributed by atoms with van der Waals surface area (Å²) in [6.07, 6.45) is 1.03. The van der Waals surface area contributed by atoms with E-state index in [4.69, 9.17) is 0 Å². The van der Waals surface area contributed by atoms with Gasteiger partial charge in [-0.15, -0.1) is 0 Å². The fraction of sp³-hybridized carbons (Fsp3) is 0.381. The van der Waals surface area contributed by atoms with Crippen molar-refractivity contribution in [3.8, 4) is 11.1 Å². The van der Waals surface area contributed by atoms with E-state index in [0.29, 0.717) is 12.0 Å². The molecule has 2 unspecified atom stereocenters. The van der Waals surface area contributed by atoms with Crippen molar-refractivity contribution in [2.45, 2.75) is 51.6 Å². The van der Waals surface area contributed by atoms with Gasteiger partial charge in [0.1, 0.15) is 0 Å². The van der Waals surface area contributed by atoms with Gasteiger partial charge in [-0.2, -0.15) is 0 Å². The van der Waals surface area contributed by atoms with Gasteiger partial charge in [-0.25, -0.2) is 22.4 Å². The molecule has 146 valence electrons. The Bertz CT molecular complexity index is 795. The lowest BCUT2D eigenvalue weighted by Crippen LogP contribution is -2.13. The van der Waals surface area contributed by atoms with E-state index in [2.05, 4.69) is 0 Å². The van der Waals surface area contributed by atoms with Crippen LogP contribution in [0.2, 0.25) is 0 Å². The first-order valence-corrected chi connectivity index (χ1v) is 8.91. The van der Waals surface area contributed by atoms with E-state index in [1.807, 2.05) is 6.92 Å². The fourth-order valence-electron chi connectivity index (χ4n) is 3.38. The number of alkyl halides is 1. The molecule has 0 saturated carbocycles. The molecule has 0 aliphatic carbocycles. The van der Waals surface area contributed by atoms with Gasteiger partial charge in [-0.1, -0.05) is 31.9 Å². The molecule has 0 spiro atoms. The molecule has 1 N–H and O–H groups in total. The predicted molar refractivity (Wildman–Crippen MR) is 96.2 cm³/mol. The average Bonchev–Trinajstić information content (AvgIpc) is 2.61. The van der Waals surface area contributed by atoms with Gasteiger partial charge in [0.15, 0.2) is 17.5 Å². The van der Waals surface area contributed by atoms with Crippen molar-refractivity contribution in [3.05, 3.63) is 58.9 Å². The second-order valence-electron chi connectivity index (χ2n) is 6.68. The van der Waals surface area contributed by atoms with Gasteiger partial charge in [0.05, 0.1) is 11.7 Å². The van der Waals surface area contributed by atoms with Crippen molar-refractivity contribution in [1.82, 2.24) is 0 Å². The lowest BCUT2D eigenvalue weighted by molar-refractivity contribution is 0.0694. The topological polar surface area (TPSA) is 37.3 Å². The maximum atomic E-state index is 13.8. The Balaban J connectivity index is 2.71. The van der Waals surface area contributed by atoms with Gasteiger partial charge in [0.25, 0.3) is 0 Å². The highest BCUT2D eigenvalue weighted by atomic mass is 19.2. The minimum Gasteiger partial charge on any atom is -0.478 e. The minimum atomic E-state index is -1.59. The van der Waals surface area contributed by atoms with E-state index < -0.39 is 35.5 Å². The number of benzene rings is 2. The van der Waals surface area contributed by atoms with Crippen molar-refractivity contribution >= 4 is 5.97 Å². The number of halogens is 4. The molecule has 0 radical (unpaired) electrons. The summed E-state index contributed by atoms with van der Waals surface area (Å²) in [7, 11) is 0.